The van der Waals surface area contributed by atoms with E-state index in [1.54, 1.807) is 19.4 Å². The molecule has 1 atom stereocenters. The smallest absolute Gasteiger partial charge is 0.251 e. The Balaban J connectivity index is 2.57. The zero-order valence-electron chi connectivity index (χ0n) is 8.34. The van der Waals surface area contributed by atoms with Crippen LogP contribution in [0, 0.1) is 0 Å². The summed E-state index contributed by atoms with van der Waals surface area (Å²) in [6.45, 7) is 1.93. The highest BCUT2D eigenvalue weighted by atomic mass is 16.3. The van der Waals surface area contributed by atoms with Gasteiger partial charge in [-0.15, -0.1) is 0 Å². The molecule has 1 amide bonds. The number of likely N-dealkylation sites (N-methyl/N-ethyl adjacent to an activating group) is 1. The van der Waals surface area contributed by atoms with Crippen LogP contribution in [-0.2, 0) is 11.3 Å². The molecule has 76 valence electrons. The van der Waals surface area contributed by atoms with Crippen molar-refractivity contribution in [2.45, 2.75) is 19.6 Å². The lowest BCUT2D eigenvalue weighted by molar-refractivity contribution is -0.138. The fourth-order valence-electron chi connectivity index (χ4n) is 1.16. The van der Waals surface area contributed by atoms with E-state index in [1.165, 1.54) is 11.8 Å². The Kier molecular flexibility index (Phi) is 3.59. The molecule has 1 rings (SSSR count). The highest BCUT2D eigenvalue weighted by Gasteiger charge is 2.14. The molecule has 1 aromatic heterocycles. The van der Waals surface area contributed by atoms with E-state index < -0.39 is 6.10 Å². The van der Waals surface area contributed by atoms with Gasteiger partial charge in [-0.1, -0.05) is 6.07 Å². The lowest BCUT2D eigenvalue weighted by atomic mass is 10.2. The molecule has 1 heterocycles. The van der Waals surface area contributed by atoms with Gasteiger partial charge < -0.3 is 10.0 Å². The van der Waals surface area contributed by atoms with Crippen molar-refractivity contribution in [1.82, 2.24) is 9.88 Å². The van der Waals surface area contributed by atoms with Crippen molar-refractivity contribution in [2.75, 3.05) is 7.05 Å². The molecule has 0 aliphatic rings. The average molecular weight is 194 g/mol. The van der Waals surface area contributed by atoms with Crippen LogP contribution in [0.25, 0.3) is 0 Å². The Morgan fingerprint density at radius 2 is 2.43 bits per heavy atom. The van der Waals surface area contributed by atoms with Gasteiger partial charge in [0, 0.05) is 26.0 Å². The fraction of sp³-hybridized carbons (Fsp3) is 0.400. The number of hydrogen-bond donors (Lipinski definition) is 1. The van der Waals surface area contributed by atoms with Crippen LogP contribution in [0.15, 0.2) is 24.5 Å². The molecule has 1 aromatic rings. The van der Waals surface area contributed by atoms with Gasteiger partial charge in [-0.05, 0) is 18.6 Å². The second-order valence-corrected chi connectivity index (χ2v) is 3.23. The summed E-state index contributed by atoms with van der Waals surface area (Å²) in [5, 5.41) is 9.06. The minimum Gasteiger partial charge on any atom is -0.384 e. The summed E-state index contributed by atoms with van der Waals surface area (Å²) in [4.78, 5) is 16.7. The van der Waals surface area contributed by atoms with Crippen LogP contribution in [0.1, 0.15) is 12.5 Å². The van der Waals surface area contributed by atoms with Crippen molar-refractivity contribution >= 4 is 5.91 Å². The maximum Gasteiger partial charge on any atom is 0.251 e. The number of pyridine rings is 1. The van der Waals surface area contributed by atoms with Crippen LogP contribution in [0.2, 0.25) is 0 Å². The molecule has 0 aromatic carbocycles. The van der Waals surface area contributed by atoms with E-state index in [9.17, 15) is 4.79 Å². The predicted molar refractivity (Wildman–Crippen MR) is 52.4 cm³/mol. The molecule has 0 aliphatic heterocycles. The lowest BCUT2D eigenvalue weighted by Crippen LogP contribution is -2.34. The van der Waals surface area contributed by atoms with Gasteiger partial charge in [0.1, 0.15) is 6.10 Å². The van der Waals surface area contributed by atoms with Crippen LogP contribution in [0.4, 0.5) is 0 Å². The second kappa shape index (κ2) is 4.72. The Bertz CT molecular complexity index is 298. The monoisotopic (exact) mass is 194 g/mol. The van der Waals surface area contributed by atoms with E-state index >= 15 is 0 Å². The number of nitrogens with zero attached hydrogens (tertiary/aromatic N) is 2. The van der Waals surface area contributed by atoms with Gasteiger partial charge in [0.2, 0.25) is 0 Å². The van der Waals surface area contributed by atoms with Crippen LogP contribution in [0.5, 0.6) is 0 Å². The number of carbonyl (C=O) groups is 1. The first-order chi connectivity index (χ1) is 6.61. The topological polar surface area (TPSA) is 53.4 Å². The molecule has 0 saturated carbocycles. The quantitative estimate of drug-likeness (QED) is 0.758. The largest absolute Gasteiger partial charge is 0.384 e. The number of aromatic nitrogens is 1. The van der Waals surface area contributed by atoms with E-state index in [0.717, 1.165) is 5.56 Å². The summed E-state index contributed by atoms with van der Waals surface area (Å²) in [6.07, 6.45) is 2.43. The standard InChI is InChI=1S/C10H14N2O2/c1-8(13)10(14)12(2)7-9-4-3-5-11-6-9/h3-6,8,13H,7H2,1-2H3. The van der Waals surface area contributed by atoms with Crippen molar-refractivity contribution in [1.29, 1.82) is 0 Å². The first-order valence-electron chi connectivity index (χ1n) is 4.43. The molecule has 0 bridgehead atoms. The minimum atomic E-state index is -0.948. The highest BCUT2D eigenvalue weighted by molar-refractivity contribution is 5.79. The van der Waals surface area contributed by atoms with Crippen LogP contribution < -0.4 is 0 Å². The third-order valence-corrected chi connectivity index (χ3v) is 1.88. The van der Waals surface area contributed by atoms with Crippen LogP contribution in [-0.4, -0.2) is 34.0 Å². The lowest BCUT2D eigenvalue weighted by Gasteiger charge is -2.18. The van der Waals surface area contributed by atoms with Crippen molar-refractivity contribution in [2.24, 2.45) is 0 Å². The molecule has 1 N–H and O–H groups in total. The van der Waals surface area contributed by atoms with E-state index in [1.807, 2.05) is 12.1 Å². The van der Waals surface area contributed by atoms with Gasteiger partial charge >= 0.3 is 0 Å². The molecule has 4 heteroatoms. The molecule has 4 nitrogen and oxygen atoms in total. The van der Waals surface area contributed by atoms with Gasteiger partial charge in [-0.3, -0.25) is 9.78 Å². The maximum absolute atomic E-state index is 11.3. The number of carbonyl (C=O) groups excluding carboxylic acids is 1. The van der Waals surface area contributed by atoms with Gasteiger partial charge in [-0.25, -0.2) is 0 Å². The van der Waals surface area contributed by atoms with E-state index in [4.69, 9.17) is 5.11 Å². The maximum atomic E-state index is 11.3. The summed E-state index contributed by atoms with van der Waals surface area (Å²) >= 11 is 0. The molecular formula is C10H14N2O2. The molecule has 0 spiro atoms. The molecule has 14 heavy (non-hydrogen) atoms. The SMILES string of the molecule is CC(O)C(=O)N(C)Cc1cccnc1. The van der Waals surface area contributed by atoms with Crippen molar-refractivity contribution in [3.05, 3.63) is 30.1 Å². The number of rotatable bonds is 3. The molecule has 0 fully saturated rings. The fourth-order valence-corrected chi connectivity index (χ4v) is 1.16. The van der Waals surface area contributed by atoms with Crippen molar-refractivity contribution in [3.8, 4) is 0 Å². The van der Waals surface area contributed by atoms with Gasteiger partial charge in [0.05, 0.1) is 0 Å². The van der Waals surface area contributed by atoms with Gasteiger partial charge in [0.15, 0.2) is 0 Å². The summed E-state index contributed by atoms with van der Waals surface area (Å²) in [5.41, 5.74) is 0.948. The summed E-state index contributed by atoms with van der Waals surface area (Å²) in [6, 6.07) is 3.70. The minimum absolute atomic E-state index is 0.283. The Morgan fingerprint density at radius 3 is 2.93 bits per heavy atom. The molecule has 0 aliphatic carbocycles. The zero-order valence-corrected chi connectivity index (χ0v) is 8.34. The Morgan fingerprint density at radius 1 is 1.71 bits per heavy atom. The van der Waals surface area contributed by atoms with E-state index in [0.29, 0.717) is 6.54 Å². The highest BCUT2D eigenvalue weighted by Crippen LogP contribution is 2.02. The van der Waals surface area contributed by atoms with Crippen LogP contribution in [0.3, 0.4) is 0 Å². The predicted octanol–water partition coefficient (Wildman–Crippen LogP) is 0.421. The Labute approximate surface area is 83.2 Å². The number of aliphatic hydroxyl groups is 1. The van der Waals surface area contributed by atoms with Crippen LogP contribution >= 0.6 is 0 Å². The average Bonchev–Trinajstić information content (AvgIpc) is 2.18. The normalized spacial score (nSPS) is 12.2. The van der Waals surface area contributed by atoms with E-state index in [2.05, 4.69) is 4.98 Å². The second-order valence-electron chi connectivity index (χ2n) is 3.23. The number of aliphatic hydroxyl groups excluding tert-OH is 1. The number of hydrogen-bond acceptors (Lipinski definition) is 3. The molecule has 0 radical (unpaired) electrons. The third kappa shape index (κ3) is 2.81. The Hall–Kier alpha value is -1.42. The van der Waals surface area contributed by atoms with E-state index in [-0.39, 0.29) is 5.91 Å². The summed E-state index contributed by atoms with van der Waals surface area (Å²) in [5.74, 6) is -0.283. The third-order valence-electron chi connectivity index (χ3n) is 1.88. The first kappa shape index (κ1) is 10.7. The number of amides is 1. The van der Waals surface area contributed by atoms with Crippen molar-refractivity contribution < 1.29 is 9.90 Å². The summed E-state index contributed by atoms with van der Waals surface area (Å²) in [7, 11) is 1.65. The molecule has 0 saturated heterocycles. The summed E-state index contributed by atoms with van der Waals surface area (Å²) < 4.78 is 0. The first-order valence-corrected chi connectivity index (χ1v) is 4.43. The van der Waals surface area contributed by atoms with Gasteiger partial charge in [-0.2, -0.15) is 0 Å². The van der Waals surface area contributed by atoms with Crippen molar-refractivity contribution in [3.63, 3.8) is 0 Å². The zero-order chi connectivity index (χ0) is 10.6. The molecule has 1 unspecified atom stereocenters. The molecular weight excluding hydrogens is 180 g/mol. The van der Waals surface area contributed by atoms with Gasteiger partial charge in [0.25, 0.3) is 5.91 Å².